The van der Waals surface area contributed by atoms with Crippen molar-refractivity contribution in [2.75, 3.05) is 27.2 Å². The van der Waals surface area contributed by atoms with Crippen LogP contribution in [0.2, 0.25) is 0 Å². The van der Waals surface area contributed by atoms with Gasteiger partial charge in [0.15, 0.2) is 0 Å². The summed E-state index contributed by atoms with van der Waals surface area (Å²) in [6, 6.07) is 7.38. The van der Waals surface area contributed by atoms with Crippen molar-refractivity contribution in [3.05, 3.63) is 40.0 Å². The summed E-state index contributed by atoms with van der Waals surface area (Å²) in [5.41, 5.74) is -0.602. The number of benzene rings is 1. The molecule has 1 atom stereocenters. The average Bonchev–Trinajstić information content (AvgIpc) is 2.56. The highest BCUT2D eigenvalue weighted by atomic mass is 127. The van der Waals surface area contributed by atoms with Gasteiger partial charge in [0.05, 0.1) is 12.6 Å². The quantitative estimate of drug-likeness (QED) is 0.431. The summed E-state index contributed by atoms with van der Waals surface area (Å²) in [7, 11) is 3.36. The maximum Gasteiger partial charge on any atom is 0.410 e. The zero-order valence-corrected chi connectivity index (χ0v) is 19.0. The van der Waals surface area contributed by atoms with Crippen LogP contribution in [0.15, 0.2) is 36.4 Å². The smallest absolute Gasteiger partial charge is 0.410 e. The fraction of sp³-hybridized carbons (Fsp3) is 0.500. The minimum atomic E-state index is -0.602. The normalized spacial score (nSPS) is 12.6. The molecule has 1 rings (SSSR count). The molecule has 1 unspecified atom stereocenters. The van der Waals surface area contributed by atoms with E-state index >= 15 is 0 Å². The molecular weight excluding hydrogens is 459 g/mol. The van der Waals surface area contributed by atoms with Crippen molar-refractivity contribution in [1.29, 1.82) is 0 Å². The largest absolute Gasteiger partial charge is 0.492 e. The fourth-order valence-corrected chi connectivity index (χ4v) is 2.41. The van der Waals surface area contributed by atoms with Crippen molar-refractivity contribution in [1.82, 2.24) is 9.80 Å². The molecule has 0 aromatic heterocycles. The Balaban J connectivity index is 2.78. The van der Waals surface area contributed by atoms with Gasteiger partial charge in [0, 0.05) is 23.7 Å². The predicted molar refractivity (Wildman–Crippen MR) is 115 cm³/mol. The Hall–Kier alpha value is -1.77. The van der Waals surface area contributed by atoms with Crippen molar-refractivity contribution in [3.8, 4) is 5.75 Å². The highest BCUT2D eigenvalue weighted by Gasteiger charge is 2.25. The first kappa shape index (κ1) is 23.3. The van der Waals surface area contributed by atoms with Crippen molar-refractivity contribution in [2.24, 2.45) is 0 Å². The minimum Gasteiger partial charge on any atom is -0.492 e. The van der Waals surface area contributed by atoms with E-state index in [0.717, 1.165) is 9.32 Å². The number of likely N-dealkylation sites (N-methyl/N-ethyl adjacent to an activating group) is 1. The molecule has 0 bridgehead atoms. The number of rotatable bonds is 7. The lowest BCUT2D eigenvalue weighted by atomic mass is 10.2. The summed E-state index contributed by atoms with van der Waals surface area (Å²) >= 11 is 2.23. The molecule has 0 heterocycles. The summed E-state index contributed by atoms with van der Waals surface area (Å²) < 4.78 is 12.4. The van der Waals surface area contributed by atoms with Crippen LogP contribution in [0.1, 0.15) is 27.7 Å². The monoisotopic (exact) mass is 488 g/mol. The molecule has 0 spiro atoms. The van der Waals surface area contributed by atoms with Crippen molar-refractivity contribution >= 4 is 34.6 Å². The minimum absolute atomic E-state index is 0.138. The lowest BCUT2D eigenvalue weighted by Crippen LogP contribution is -2.43. The van der Waals surface area contributed by atoms with E-state index in [1.165, 1.54) is 11.0 Å². The van der Waals surface area contributed by atoms with Gasteiger partial charge in [-0.1, -0.05) is 6.08 Å². The first-order valence-corrected chi connectivity index (χ1v) is 9.85. The second kappa shape index (κ2) is 10.5. The number of carbonyl (C=O) groups is 2. The number of nitrogens with zero attached hydrogens (tertiary/aromatic N) is 2. The third kappa shape index (κ3) is 9.12. The maximum absolute atomic E-state index is 12.6. The Morgan fingerprint density at radius 3 is 2.30 bits per heavy atom. The molecule has 150 valence electrons. The Bertz CT molecular complexity index is 651. The lowest BCUT2D eigenvalue weighted by Gasteiger charge is -2.30. The third-order valence-electron chi connectivity index (χ3n) is 3.49. The van der Waals surface area contributed by atoms with Crippen LogP contribution in [0, 0.1) is 3.57 Å². The highest BCUT2D eigenvalue weighted by Crippen LogP contribution is 2.15. The van der Waals surface area contributed by atoms with E-state index in [-0.39, 0.29) is 11.9 Å². The topological polar surface area (TPSA) is 59.1 Å². The molecule has 0 aliphatic heterocycles. The number of halogens is 1. The highest BCUT2D eigenvalue weighted by molar-refractivity contribution is 14.1. The van der Waals surface area contributed by atoms with Crippen molar-refractivity contribution in [3.63, 3.8) is 0 Å². The number of hydrogen-bond donors (Lipinski definition) is 0. The van der Waals surface area contributed by atoms with E-state index < -0.39 is 11.7 Å². The first-order valence-electron chi connectivity index (χ1n) is 8.77. The number of ether oxygens (including phenoxy) is 2. The van der Waals surface area contributed by atoms with Crippen LogP contribution in [-0.2, 0) is 9.53 Å². The van der Waals surface area contributed by atoms with Gasteiger partial charge >= 0.3 is 6.09 Å². The SMILES string of the molecule is CC(/C=C/C(=O)N(C)C)N(CCOc1ccc(I)cc1)C(=O)OC(C)(C)C. The molecule has 0 N–H and O–H groups in total. The van der Waals surface area contributed by atoms with Crippen LogP contribution >= 0.6 is 22.6 Å². The van der Waals surface area contributed by atoms with Crippen LogP contribution in [-0.4, -0.2) is 60.7 Å². The molecular formula is C20H29IN2O4. The van der Waals surface area contributed by atoms with E-state index in [1.807, 2.05) is 52.0 Å². The van der Waals surface area contributed by atoms with E-state index in [4.69, 9.17) is 9.47 Å². The Morgan fingerprint density at radius 1 is 1.19 bits per heavy atom. The third-order valence-corrected chi connectivity index (χ3v) is 4.21. The molecule has 1 aromatic rings. The zero-order chi connectivity index (χ0) is 20.6. The summed E-state index contributed by atoms with van der Waals surface area (Å²) in [5.74, 6) is 0.603. The van der Waals surface area contributed by atoms with Gasteiger partial charge in [-0.2, -0.15) is 0 Å². The summed E-state index contributed by atoms with van der Waals surface area (Å²) in [4.78, 5) is 27.4. The van der Waals surface area contributed by atoms with Gasteiger partial charge < -0.3 is 14.4 Å². The molecule has 2 amide bonds. The second-order valence-electron chi connectivity index (χ2n) is 7.31. The molecule has 7 heteroatoms. The summed E-state index contributed by atoms with van der Waals surface area (Å²) in [6.45, 7) is 7.96. The summed E-state index contributed by atoms with van der Waals surface area (Å²) in [5, 5.41) is 0. The van der Waals surface area contributed by atoms with E-state index in [1.54, 1.807) is 25.1 Å². The van der Waals surface area contributed by atoms with Crippen LogP contribution in [0.5, 0.6) is 5.75 Å². The fourth-order valence-electron chi connectivity index (χ4n) is 2.05. The Labute approximate surface area is 175 Å². The van der Waals surface area contributed by atoms with E-state index in [9.17, 15) is 9.59 Å². The van der Waals surface area contributed by atoms with E-state index in [0.29, 0.717) is 13.2 Å². The van der Waals surface area contributed by atoms with E-state index in [2.05, 4.69) is 22.6 Å². The van der Waals surface area contributed by atoms with Gasteiger partial charge in [-0.3, -0.25) is 9.69 Å². The molecule has 1 aromatic carbocycles. The number of hydrogen-bond acceptors (Lipinski definition) is 4. The van der Waals surface area contributed by atoms with Gasteiger partial charge in [0.1, 0.15) is 18.0 Å². The van der Waals surface area contributed by atoms with Crippen molar-refractivity contribution in [2.45, 2.75) is 39.3 Å². The van der Waals surface area contributed by atoms with Crippen molar-refractivity contribution < 1.29 is 19.1 Å². The molecule has 6 nitrogen and oxygen atoms in total. The first-order chi connectivity index (χ1) is 12.5. The Morgan fingerprint density at radius 2 is 1.78 bits per heavy atom. The van der Waals surface area contributed by atoms with Gasteiger partial charge in [0.25, 0.3) is 0 Å². The molecule has 0 radical (unpaired) electrons. The molecule has 0 aliphatic carbocycles. The van der Waals surface area contributed by atoms with Gasteiger partial charge in [-0.15, -0.1) is 0 Å². The van der Waals surface area contributed by atoms with Crippen LogP contribution < -0.4 is 4.74 Å². The number of carbonyl (C=O) groups excluding carboxylic acids is 2. The number of amides is 2. The van der Waals surface area contributed by atoms with Crippen LogP contribution in [0.3, 0.4) is 0 Å². The maximum atomic E-state index is 12.6. The second-order valence-corrected chi connectivity index (χ2v) is 8.55. The predicted octanol–water partition coefficient (Wildman–Crippen LogP) is 3.94. The van der Waals surface area contributed by atoms with Crippen LogP contribution in [0.4, 0.5) is 4.79 Å². The standard InChI is InChI=1S/C20H29IN2O4/c1-15(7-12-18(24)22(5)6)23(19(25)27-20(2,3)4)13-14-26-17-10-8-16(21)9-11-17/h7-12,15H,13-14H2,1-6H3/b12-7+. The molecule has 27 heavy (non-hydrogen) atoms. The van der Waals surface area contributed by atoms with Crippen LogP contribution in [0.25, 0.3) is 0 Å². The Kier molecular flexibility index (Phi) is 9.08. The average molecular weight is 488 g/mol. The molecule has 0 saturated carbocycles. The zero-order valence-electron chi connectivity index (χ0n) is 16.9. The van der Waals surface area contributed by atoms with Gasteiger partial charge in [0.2, 0.25) is 5.91 Å². The lowest BCUT2D eigenvalue weighted by molar-refractivity contribution is -0.123. The summed E-state index contributed by atoms with van der Waals surface area (Å²) in [6.07, 6.45) is 2.71. The van der Waals surface area contributed by atoms with Gasteiger partial charge in [-0.25, -0.2) is 4.79 Å². The van der Waals surface area contributed by atoms with Gasteiger partial charge in [-0.05, 0) is 74.6 Å². The molecule has 0 saturated heterocycles. The molecule has 0 aliphatic rings. The molecule has 0 fully saturated rings.